The minimum Gasteiger partial charge on any atom is -0.487 e. The van der Waals surface area contributed by atoms with Crippen LogP contribution in [0.2, 0.25) is 0 Å². The van der Waals surface area contributed by atoms with Crippen LogP contribution in [0.15, 0.2) is 72.8 Å². The Kier molecular flexibility index (Phi) is 10.7. The molecule has 2 spiro atoms. The number of esters is 2. The van der Waals surface area contributed by atoms with Crippen LogP contribution in [0.25, 0.3) is 0 Å². The highest BCUT2D eigenvalue weighted by Crippen LogP contribution is 2.64. The summed E-state index contributed by atoms with van der Waals surface area (Å²) in [6.07, 6.45) is 0. The van der Waals surface area contributed by atoms with Gasteiger partial charge in [-0.1, -0.05) is 36.4 Å². The summed E-state index contributed by atoms with van der Waals surface area (Å²) < 4.78 is 58.1. The zero-order chi connectivity index (χ0) is 36.0. The molecule has 52 heavy (non-hydrogen) atoms. The van der Waals surface area contributed by atoms with E-state index in [0.29, 0.717) is 11.5 Å². The summed E-state index contributed by atoms with van der Waals surface area (Å²) in [5, 5.41) is 0. The highest BCUT2D eigenvalue weighted by atomic mass is 16.6. The molecule has 1 saturated carbocycles. The molecule has 3 heterocycles. The molecule has 7 rings (SSSR count). The molecular formula is C38H38O14. The molecule has 14 heteroatoms. The van der Waals surface area contributed by atoms with Crippen molar-refractivity contribution in [3.8, 4) is 23.0 Å². The second-order valence-electron chi connectivity index (χ2n) is 12.2. The first-order valence-electron chi connectivity index (χ1n) is 17.1. The van der Waals surface area contributed by atoms with E-state index in [1.54, 1.807) is 36.4 Å². The molecule has 1 fully saturated rings. The van der Waals surface area contributed by atoms with Crippen molar-refractivity contribution in [1.29, 1.82) is 0 Å². The summed E-state index contributed by atoms with van der Waals surface area (Å²) in [5.74, 6) is -4.93. The van der Waals surface area contributed by atoms with E-state index in [9.17, 15) is 19.2 Å². The van der Waals surface area contributed by atoms with Crippen LogP contribution in [-0.2, 0) is 38.0 Å². The number of ketones is 2. The van der Waals surface area contributed by atoms with Crippen LogP contribution in [0, 0.1) is 11.8 Å². The van der Waals surface area contributed by atoms with Crippen molar-refractivity contribution >= 4 is 23.5 Å². The molecule has 274 valence electrons. The van der Waals surface area contributed by atoms with Gasteiger partial charge in [-0.2, -0.15) is 0 Å². The van der Waals surface area contributed by atoms with Crippen molar-refractivity contribution < 1.29 is 66.5 Å². The van der Waals surface area contributed by atoms with Crippen molar-refractivity contribution in [2.75, 3.05) is 79.3 Å². The van der Waals surface area contributed by atoms with Gasteiger partial charge >= 0.3 is 11.9 Å². The maximum atomic E-state index is 14.3. The molecule has 0 unspecified atom stereocenters. The Morgan fingerprint density at radius 2 is 0.692 bits per heavy atom. The monoisotopic (exact) mass is 718 g/mol. The molecule has 0 saturated heterocycles. The third-order valence-corrected chi connectivity index (χ3v) is 9.26. The minimum absolute atomic E-state index is 0.0356. The fourth-order valence-electron chi connectivity index (χ4n) is 6.98. The molecular weight excluding hydrogens is 680 g/mol. The van der Waals surface area contributed by atoms with Crippen LogP contribution in [-0.4, -0.2) is 114 Å². The van der Waals surface area contributed by atoms with Gasteiger partial charge in [0.05, 0.1) is 75.8 Å². The molecule has 0 bridgehead atoms. The summed E-state index contributed by atoms with van der Waals surface area (Å²) >= 11 is 0. The van der Waals surface area contributed by atoms with Crippen molar-refractivity contribution in [3.05, 3.63) is 83.9 Å². The number of Topliss-reactive ketones (excluding diaryl/α,β-unsaturated/α-hetero) is 2. The van der Waals surface area contributed by atoms with Gasteiger partial charge in [-0.3, -0.25) is 9.59 Å². The number of ether oxygens (including phenoxy) is 10. The molecule has 14 nitrogen and oxygen atoms in total. The fourth-order valence-corrected chi connectivity index (χ4v) is 6.98. The Morgan fingerprint density at radius 1 is 0.385 bits per heavy atom. The first-order valence-corrected chi connectivity index (χ1v) is 17.1. The van der Waals surface area contributed by atoms with Crippen molar-refractivity contribution in [3.63, 3.8) is 0 Å². The highest BCUT2D eigenvalue weighted by Gasteiger charge is 2.90. The molecule has 4 aliphatic rings. The molecule has 0 aromatic heterocycles. The predicted molar refractivity (Wildman–Crippen MR) is 178 cm³/mol. The van der Waals surface area contributed by atoms with E-state index in [0.717, 1.165) is 0 Å². The van der Waals surface area contributed by atoms with Gasteiger partial charge in [0.2, 0.25) is 0 Å². The molecule has 4 atom stereocenters. The number of benzene rings is 3. The van der Waals surface area contributed by atoms with Crippen molar-refractivity contribution in [1.82, 2.24) is 0 Å². The molecule has 0 radical (unpaired) electrons. The summed E-state index contributed by atoms with van der Waals surface area (Å²) in [6, 6.07) is 19.9. The van der Waals surface area contributed by atoms with Crippen LogP contribution in [0.1, 0.15) is 20.7 Å². The van der Waals surface area contributed by atoms with Gasteiger partial charge in [0.15, 0.2) is 23.1 Å². The van der Waals surface area contributed by atoms with Gasteiger partial charge in [-0.15, -0.1) is 0 Å². The second-order valence-corrected chi connectivity index (χ2v) is 12.2. The summed E-state index contributed by atoms with van der Waals surface area (Å²) in [6.45, 7) is 1.37. The molecule has 0 amide bonds. The van der Waals surface area contributed by atoms with Crippen LogP contribution in [0.4, 0.5) is 0 Å². The van der Waals surface area contributed by atoms with E-state index in [1.165, 1.54) is 24.3 Å². The Hall–Kier alpha value is -5.02. The van der Waals surface area contributed by atoms with Gasteiger partial charge in [0, 0.05) is 0 Å². The van der Waals surface area contributed by atoms with E-state index in [2.05, 4.69) is 0 Å². The average molecular weight is 719 g/mol. The fraction of sp³-hybridized carbons (Fsp3) is 0.421. The van der Waals surface area contributed by atoms with Gasteiger partial charge in [-0.05, 0) is 36.4 Å². The number of para-hydroxylation sites is 4. The Labute approximate surface area is 299 Å². The SMILES string of the molecule is O=C1c2ccccc2O[C@]23C(=O)OCCOCCOCCOc4ccccc4OCCOCCOCCOC(=O)[C@@]24Oc2ccccc2C(=O)[C@H]4[C@H]13. The zero-order valence-corrected chi connectivity index (χ0v) is 28.3. The quantitative estimate of drug-likeness (QED) is 0.312. The average Bonchev–Trinajstić information content (AvgIpc) is 3.15. The van der Waals surface area contributed by atoms with E-state index in [-0.39, 0.29) is 102 Å². The first-order chi connectivity index (χ1) is 25.5. The molecule has 0 N–H and O–H groups in total. The van der Waals surface area contributed by atoms with Crippen LogP contribution >= 0.6 is 0 Å². The normalized spacial score (nSPS) is 27.6. The van der Waals surface area contributed by atoms with E-state index < -0.39 is 46.5 Å². The van der Waals surface area contributed by atoms with Gasteiger partial charge < -0.3 is 47.4 Å². The minimum atomic E-state index is -2.40. The van der Waals surface area contributed by atoms with Crippen molar-refractivity contribution in [2.24, 2.45) is 11.8 Å². The zero-order valence-electron chi connectivity index (χ0n) is 28.3. The smallest absolute Gasteiger partial charge is 0.356 e. The molecule has 3 aliphatic heterocycles. The lowest BCUT2D eigenvalue weighted by Crippen LogP contribution is -2.90. The van der Waals surface area contributed by atoms with Crippen LogP contribution < -0.4 is 18.9 Å². The third-order valence-electron chi connectivity index (χ3n) is 9.26. The Balaban J connectivity index is 1.12. The second kappa shape index (κ2) is 15.7. The maximum Gasteiger partial charge on any atom is 0.356 e. The van der Waals surface area contributed by atoms with E-state index >= 15 is 0 Å². The number of hydrogen-bond acceptors (Lipinski definition) is 14. The van der Waals surface area contributed by atoms with Crippen molar-refractivity contribution in [2.45, 2.75) is 11.2 Å². The number of rotatable bonds is 0. The van der Waals surface area contributed by atoms with Gasteiger partial charge in [0.1, 0.15) is 37.9 Å². The molecule has 3 aromatic rings. The number of hydrogen-bond donors (Lipinski definition) is 0. The Bertz CT molecular complexity index is 1660. The topological polar surface area (TPSA) is 161 Å². The number of cyclic esters (lactones) is 2. The van der Waals surface area contributed by atoms with Gasteiger partial charge in [0.25, 0.3) is 11.2 Å². The Morgan fingerprint density at radius 3 is 1.08 bits per heavy atom. The molecule has 3 aromatic carbocycles. The van der Waals surface area contributed by atoms with E-state index in [4.69, 9.17) is 47.4 Å². The lowest BCUT2D eigenvalue weighted by molar-refractivity contribution is -0.262. The lowest BCUT2D eigenvalue weighted by atomic mass is 9.45. The van der Waals surface area contributed by atoms with Crippen LogP contribution in [0.5, 0.6) is 23.0 Å². The summed E-state index contributed by atoms with van der Waals surface area (Å²) in [5.41, 5.74) is -4.47. The maximum absolute atomic E-state index is 14.3. The first kappa shape index (κ1) is 35.4. The number of fused-ring (bicyclic) bond motifs is 4. The predicted octanol–water partition coefficient (Wildman–Crippen LogP) is 2.88. The van der Waals surface area contributed by atoms with Crippen LogP contribution in [0.3, 0.4) is 0 Å². The standard InChI is InChI=1S/C38H38O14/c39-33-25-7-1-3-9-27(25)51-37-31(33)32-34(40)26-8-2-4-10-28(26)52-38(32,37)36(42)50-24-20-46-16-14-44-18-22-48-30-12-6-5-11-29(30)47-21-17-43-13-15-45-19-23-49-35(37)41/h1-12,31-32H,13-24H2/t31-,32-,37-,38-/m1/s1. The number of carbonyl (C=O) groups is 4. The highest BCUT2D eigenvalue weighted by molar-refractivity contribution is 6.19. The van der Waals surface area contributed by atoms with Gasteiger partial charge in [-0.25, -0.2) is 9.59 Å². The third kappa shape index (κ3) is 6.36. The van der Waals surface area contributed by atoms with E-state index in [1.807, 2.05) is 12.1 Å². The largest absolute Gasteiger partial charge is 0.487 e. The lowest BCUT2D eigenvalue weighted by Gasteiger charge is -2.64. The summed E-state index contributed by atoms with van der Waals surface area (Å²) in [7, 11) is 0. The number of carbonyl (C=O) groups excluding carboxylic acids is 4. The molecule has 1 aliphatic carbocycles. The summed E-state index contributed by atoms with van der Waals surface area (Å²) in [4.78, 5) is 56.9.